The van der Waals surface area contributed by atoms with E-state index in [9.17, 15) is 4.79 Å². The molecule has 8 heteroatoms. The molecule has 1 rings (SSSR count). The predicted molar refractivity (Wildman–Crippen MR) is 58.3 cm³/mol. The second-order valence-corrected chi connectivity index (χ2v) is 3.08. The van der Waals surface area contributed by atoms with Crippen molar-refractivity contribution in [3.8, 4) is 0 Å². The molecular weight excluding hydrogens is 232 g/mol. The van der Waals surface area contributed by atoms with E-state index in [0.29, 0.717) is 5.56 Å². The van der Waals surface area contributed by atoms with Crippen molar-refractivity contribution in [2.75, 3.05) is 0 Å². The van der Waals surface area contributed by atoms with Crippen molar-refractivity contribution in [2.24, 2.45) is 10.2 Å². The maximum atomic E-state index is 11.0. The van der Waals surface area contributed by atoms with Crippen molar-refractivity contribution in [1.82, 2.24) is 0 Å². The lowest BCUT2D eigenvalue weighted by Crippen LogP contribution is -1.91. The van der Waals surface area contributed by atoms with Crippen molar-refractivity contribution >= 4 is 22.5 Å². The van der Waals surface area contributed by atoms with Crippen LogP contribution in [0.15, 0.2) is 28.4 Å². The molecule has 0 fully saturated rings. The molecule has 0 aliphatic rings. The third-order valence-electron chi connectivity index (χ3n) is 1.68. The summed E-state index contributed by atoms with van der Waals surface area (Å²) in [6, 6.07) is 4.34. The molecule has 0 saturated heterocycles. The van der Waals surface area contributed by atoms with Crippen molar-refractivity contribution in [3.05, 3.63) is 50.2 Å². The Morgan fingerprint density at radius 2 is 2.06 bits per heavy atom. The number of halogens is 1. The summed E-state index contributed by atoms with van der Waals surface area (Å²) >= 11 is 5.30. The fourth-order valence-corrected chi connectivity index (χ4v) is 1.21. The average Bonchev–Trinajstić information content (AvgIpc) is 2.26. The number of hydrogen-bond donors (Lipinski definition) is 0. The molecule has 7 nitrogen and oxygen atoms in total. The fourth-order valence-electron chi connectivity index (χ4n) is 1.10. The van der Waals surface area contributed by atoms with Gasteiger partial charge in [-0.2, -0.15) is 0 Å². The van der Waals surface area contributed by atoms with Gasteiger partial charge in [0.15, 0.2) is 0 Å². The second-order valence-electron chi connectivity index (χ2n) is 2.74. The molecule has 0 radical (unpaired) electrons. The van der Waals surface area contributed by atoms with Gasteiger partial charge < -0.3 is 0 Å². The van der Waals surface area contributed by atoms with Gasteiger partial charge in [-0.05, 0) is 46.4 Å². The maximum Gasteiger partial charge on any atom is 0.252 e. The lowest BCUT2D eigenvalue weighted by atomic mass is 10.1. The molecule has 0 aliphatic heterocycles. The summed E-state index contributed by atoms with van der Waals surface area (Å²) in [7, 11) is 0. The van der Waals surface area contributed by atoms with E-state index < -0.39 is 5.24 Å². The Balaban J connectivity index is 3.22. The Morgan fingerprint density at radius 3 is 2.62 bits per heavy atom. The largest absolute Gasteiger partial charge is 0.276 e. The van der Waals surface area contributed by atoms with Gasteiger partial charge in [-0.15, -0.1) is 0 Å². The van der Waals surface area contributed by atoms with Gasteiger partial charge in [0.2, 0.25) is 0 Å². The van der Waals surface area contributed by atoms with Crippen molar-refractivity contribution in [3.63, 3.8) is 0 Å². The highest BCUT2D eigenvalue weighted by Gasteiger charge is 2.05. The summed E-state index contributed by atoms with van der Waals surface area (Å²) in [6.45, 7) is 0.0580. The first-order valence-electron chi connectivity index (χ1n) is 4.07. The van der Waals surface area contributed by atoms with Crippen LogP contribution in [-0.4, -0.2) is 5.24 Å². The van der Waals surface area contributed by atoms with Crippen LogP contribution >= 0.6 is 11.6 Å². The summed E-state index contributed by atoms with van der Waals surface area (Å²) in [6.07, 6.45) is 0. The normalized spacial score (nSPS) is 8.81. The van der Waals surface area contributed by atoms with E-state index >= 15 is 0 Å². The van der Waals surface area contributed by atoms with Crippen LogP contribution < -0.4 is 0 Å². The molecular formula is C8H5ClN6O. The first-order valence-corrected chi connectivity index (χ1v) is 4.45. The molecule has 0 aliphatic carbocycles. The number of benzene rings is 1. The minimum Gasteiger partial charge on any atom is -0.276 e. The number of azide groups is 2. The van der Waals surface area contributed by atoms with Crippen molar-refractivity contribution in [2.45, 2.75) is 6.54 Å². The summed E-state index contributed by atoms with van der Waals surface area (Å²) in [4.78, 5) is 16.1. The molecule has 16 heavy (non-hydrogen) atoms. The van der Waals surface area contributed by atoms with E-state index in [4.69, 9.17) is 22.7 Å². The van der Waals surface area contributed by atoms with Gasteiger partial charge in [-0.3, -0.25) is 4.79 Å². The fraction of sp³-hybridized carbons (Fsp3) is 0.125. The molecule has 1 aromatic rings. The molecule has 0 N–H and O–H groups in total. The third kappa shape index (κ3) is 3.18. The van der Waals surface area contributed by atoms with E-state index in [1.165, 1.54) is 18.2 Å². The Morgan fingerprint density at radius 1 is 1.31 bits per heavy atom. The summed E-state index contributed by atoms with van der Waals surface area (Å²) in [5.41, 5.74) is 17.4. The monoisotopic (exact) mass is 236 g/mol. The molecule has 1 aromatic carbocycles. The highest BCUT2D eigenvalue weighted by Crippen LogP contribution is 2.20. The zero-order chi connectivity index (χ0) is 12.0. The van der Waals surface area contributed by atoms with Crippen LogP contribution in [0.5, 0.6) is 0 Å². The Labute approximate surface area is 94.9 Å². The van der Waals surface area contributed by atoms with E-state index in [1.54, 1.807) is 0 Å². The highest BCUT2D eigenvalue weighted by molar-refractivity contribution is 6.67. The van der Waals surface area contributed by atoms with Crippen LogP contribution in [0.4, 0.5) is 5.69 Å². The first kappa shape index (κ1) is 11.9. The Bertz CT molecular complexity index is 495. The molecule has 0 atom stereocenters. The third-order valence-corrected chi connectivity index (χ3v) is 1.90. The SMILES string of the molecule is [N-]=[N+]=NCc1cc(N=[N+]=[N-])cc(C(=O)Cl)c1. The standard InChI is InChI=1S/C8H5ClN6O/c9-8(16)6-1-5(4-12-14-10)2-7(3-6)13-15-11/h1-3H,4H2. The molecule has 0 amide bonds. The lowest BCUT2D eigenvalue weighted by molar-refractivity contribution is 0.108. The number of carbonyl (C=O) groups excluding carboxylic acids is 1. The molecule has 0 unspecified atom stereocenters. The van der Waals surface area contributed by atoms with Gasteiger partial charge in [0.05, 0.1) is 6.54 Å². The zero-order valence-corrected chi connectivity index (χ0v) is 8.66. The first-order chi connectivity index (χ1) is 7.67. The van der Waals surface area contributed by atoms with Crippen LogP contribution in [0.3, 0.4) is 0 Å². The molecule has 0 spiro atoms. The second kappa shape index (κ2) is 5.63. The van der Waals surface area contributed by atoms with Gasteiger partial charge >= 0.3 is 0 Å². The molecule has 0 saturated carbocycles. The Kier molecular flexibility index (Phi) is 4.17. The smallest absolute Gasteiger partial charge is 0.252 e. The van der Waals surface area contributed by atoms with Gasteiger partial charge in [-0.25, -0.2) is 0 Å². The molecule has 0 aromatic heterocycles. The average molecular weight is 237 g/mol. The van der Waals surface area contributed by atoms with Crippen LogP contribution in [0, 0.1) is 0 Å². The van der Waals surface area contributed by atoms with Crippen LogP contribution in [0.2, 0.25) is 0 Å². The number of nitrogens with zero attached hydrogens (tertiary/aromatic N) is 6. The topological polar surface area (TPSA) is 115 Å². The Hall–Kier alpha value is -2.20. The van der Waals surface area contributed by atoms with Gasteiger partial charge in [0.1, 0.15) is 0 Å². The van der Waals surface area contributed by atoms with Crippen LogP contribution in [0.1, 0.15) is 15.9 Å². The van der Waals surface area contributed by atoms with E-state index in [0.717, 1.165) is 0 Å². The number of rotatable bonds is 4. The summed E-state index contributed by atoms with van der Waals surface area (Å²) in [5, 5.41) is 6.02. The van der Waals surface area contributed by atoms with Crippen molar-refractivity contribution < 1.29 is 4.79 Å². The molecule has 80 valence electrons. The minimum absolute atomic E-state index is 0.0580. The quantitative estimate of drug-likeness (QED) is 0.336. The van der Waals surface area contributed by atoms with Gasteiger partial charge in [0.25, 0.3) is 5.24 Å². The highest BCUT2D eigenvalue weighted by atomic mass is 35.5. The molecule has 0 heterocycles. The number of hydrogen-bond acceptors (Lipinski definition) is 3. The van der Waals surface area contributed by atoms with Gasteiger partial charge in [0, 0.05) is 21.1 Å². The summed E-state index contributed by atoms with van der Waals surface area (Å²) < 4.78 is 0. The van der Waals surface area contributed by atoms with Crippen molar-refractivity contribution in [1.29, 1.82) is 0 Å². The van der Waals surface area contributed by atoms with E-state index in [2.05, 4.69) is 20.1 Å². The maximum absolute atomic E-state index is 11.0. The lowest BCUT2D eigenvalue weighted by Gasteiger charge is -2.01. The predicted octanol–water partition coefficient (Wildman–Crippen LogP) is 3.82. The van der Waals surface area contributed by atoms with Gasteiger partial charge in [-0.1, -0.05) is 10.2 Å². The van der Waals surface area contributed by atoms with Crippen LogP contribution in [0.25, 0.3) is 20.9 Å². The van der Waals surface area contributed by atoms with E-state index in [1.807, 2.05) is 0 Å². The van der Waals surface area contributed by atoms with Crippen LogP contribution in [-0.2, 0) is 6.54 Å². The number of carbonyl (C=O) groups is 1. The minimum atomic E-state index is -0.669. The summed E-state index contributed by atoms with van der Waals surface area (Å²) in [5.74, 6) is 0. The van der Waals surface area contributed by atoms with E-state index in [-0.39, 0.29) is 17.8 Å². The molecule has 0 bridgehead atoms. The zero-order valence-electron chi connectivity index (χ0n) is 7.91.